The quantitative estimate of drug-likeness (QED) is 0.392. The zero-order valence-electron chi connectivity index (χ0n) is 21.3. The van der Waals surface area contributed by atoms with E-state index in [1.165, 1.54) is 16.4 Å². The van der Waals surface area contributed by atoms with E-state index in [-0.39, 0.29) is 55.0 Å². The summed E-state index contributed by atoms with van der Waals surface area (Å²) in [6, 6.07) is 16.3. The van der Waals surface area contributed by atoms with Crippen molar-refractivity contribution < 1.29 is 31.2 Å². The number of halogens is 3. The molecule has 0 saturated carbocycles. The Kier molecular flexibility index (Phi) is 8.55. The van der Waals surface area contributed by atoms with Gasteiger partial charge >= 0.3 is 6.18 Å². The first-order chi connectivity index (χ1) is 18.5. The van der Waals surface area contributed by atoms with E-state index in [1.54, 1.807) is 48.5 Å². The van der Waals surface area contributed by atoms with Crippen LogP contribution in [0.3, 0.4) is 0 Å². The van der Waals surface area contributed by atoms with E-state index in [0.29, 0.717) is 12.1 Å². The molecule has 3 aromatic rings. The number of para-hydroxylation sites is 1. The SMILES string of the molecule is CC1CN(S(=O)(=O)c2ccccc2)CCC1C(=O)CCCNC(=O)c1cn(-c2ccccc2)nc1C(F)(F)F. The molecule has 0 bridgehead atoms. The molecule has 1 N–H and O–H groups in total. The molecule has 0 aliphatic carbocycles. The molecule has 1 saturated heterocycles. The van der Waals surface area contributed by atoms with Crippen molar-refractivity contribution >= 4 is 21.7 Å². The second-order valence-corrected chi connectivity index (χ2v) is 11.5. The van der Waals surface area contributed by atoms with Crippen LogP contribution in [0.25, 0.3) is 5.69 Å². The number of alkyl halides is 3. The van der Waals surface area contributed by atoms with Crippen LogP contribution in [-0.4, -0.2) is 53.8 Å². The molecule has 1 fully saturated rings. The number of piperidine rings is 1. The van der Waals surface area contributed by atoms with Crippen molar-refractivity contribution in [3.8, 4) is 5.69 Å². The Morgan fingerprint density at radius 2 is 1.69 bits per heavy atom. The molecule has 2 heterocycles. The van der Waals surface area contributed by atoms with Crippen LogP contribution in [0, 0.1) is 11.8 Å². The number of nitrogens with one attached hydrogen (secondary N) is 1. The summed E-state index contributed by atoms with van der Waals surface area (Å²) >= 11 is 0. The number of Topliss-reactive ketones (excluding diaryl/α,β-unsaturated/α-hetero) is 1. The number of carbonyl (C=O) groups is 2. The summed E-state index contributed by atoms with van der Waals surface area (Å²) in [4.78, 5) is 25.7. The smallest absolute Gasteiger partial charge is 0.352 e. The number of carbonyl (C=O) groups excluding carboxylic acids is 2. The van der Waals surface area contributed by atoms with Gasteiger partial charge in [-0.25, -0.2) is 13.1 Å². The summed E-state index contributed by atoms with van der Waals surface area (Å²) in [7, 11) is -3.64. The highest BCUT2D eigenvalue weighted by Crippen LogP contribution is 2.32. The minimum atomic E-state index is -4.82. The summed E-state index contributed by atoms with van der Waals surface area (Å²) in [5.41, 5.74) is -1.51. The van der Waals surface area contributed by atoms with Gasteiger partial charge in [-0.2, -0.15) is 22.6 Å². The van der Waals surface area contributed by atoms with Gasteiger partial charge in [-0.15, -0.1) is 0 Å². The third kappa shape index (κ3) is 6.56. The second kappa shape index (κ2) is 11.7. The highest BCUT2D eigenvalue weighted by atomic mass is 32.2. The average Bonchev–Trinajstić information content (AvgIpc) is 3.38. The van der Waals surface area contributed by atoms with E-state index in [9.17, 15) is 31.2 Å². The Hall–Kier alpha value is -3.51. The van der Waals surface area contributed by atoms with Gasteiger partial charge in [-0.05, 0) is 43.0 Å². The summed E-state index contributed by atoms with van der Waals surface area (Å²) in [5, 5.41) is 6.03. The van der Waals surface area contributed by atoms with Gasteiger partial charge < -0.3 is 5.32 Å². The van der Waals surface area contributed by atoms with Crippen molar-refractivity contribution in [3.63, 3.8) is 0 Å². The van der Waals surface area contributed by atoms with Crippen LogP contribution in [0.1, 0.15) is 42.2 Å². The maximum absolute atomic E-state index is 13.5. The summed E-state index contributed by atoms with van der Waals surface area (Å²) in [5.74, 6) is -1.51. The molecule has 4 rings (SSSR count). The molecule has 208 valence electrons. The Labute approximate surface area is 224 Å². The lowest BCUT2D eigenvalue weighted by Crippen LogP contribution is -2.45. The molecule has 1 aliphatic heterocycles. The van der Waals surface area contributed by atoms with Crippen molar-refractivity contribution in [1.82, 2.24) is 19.4 Å². The molecule has 1 aromatic heterocycles. The monoisotopic (exact) mass is 562 g/mol. The highest BCUT2D eigenvalue weighted by Gasteiger charge is 2.39. The summed E-state index contributed by atoms with van der Waals surface area (Å²) < 4.78 is 68.8. The topological polar surface area (TPSA) is 101 Å². The van der Waals surface area contributed by atoms with Crippen molar-refractivity contribution in [2.45, 2.75) is 37.3 Å². The number of nitrogens with zero attached hydrogens (tertiary/aromatic N) is 3. The van der Waals surface area contributed by atoms with Crippen LogP contribution < -0.4 is 5.32 Å². The molecule has 2 aromatic carbocycles. The fourth-order valence-electron chi connectivity index (χ4n) is 4.75. The Bertz CT molecular complexity index is 1410. The minimum absolute atomic E-state index is 0.00794. The van der Waals surface area contributed by atoms with Crippen LogP contribution in [0.4, 0.5) is 13.2 Å². The predicted molar refractivity (Wildman–Crippen MR) is 138 cm³/mol. The number of sulfonamides is 1. The number of benzene rings is 2. The van der Waals surface area contributed by atoms with E-state index in [4.69, 9.17) is 0 Å². The lowest BCUT2D eigenvalue weighted by molar-refractivity contribution is -0.141. The lowest BCUT2D eigenvalue weighted by Gasteiger charge is -2.35. The standard InChI is InChI=1S/C27H29F3N4O4S/c1-19-17-33(39(37,38)21-11-6-3-7-12-21)16-14-22(19)24(35)13-8-15-31-26(36)23-18-34(20-9-4-2-5-10-20)32-25(23)27(28,29)30/h2-7,9-12,18-19,22H,8,13-17H2,1H3,(H,31,36). The molecule has 0 radical (unpaired) electrons. The normalized spacial score (nSPS) is 18.6. The van der Waals surface area contributed by atoms with Gasteiger partial charge in [0.25, 0.3) is 5.91 Å². The number of aromatic nitrogens is 2. The second-order valence-electron chi connectivity index (χ2n) is 9.54. The molecule has 8 nitrogen and oxygen atoms in total. The van der Waals surface area contributed by atoms with Crippen LogP contribution in [0.5, 0.6) is 0 Å². The highest BCUT2D eigenvalue weighted by molar-refractivity contribution is 7.89. The average molecular weight is 563 g/mol. The van der Waals surface area contributed by atoms with Crippen molar-refractivity contribution in [3.05, 3.63) is 78.1 Å². The molecular weight excluding hydrogens is 533 g/mol. The summed E-state index contributed by atoms with van der Waals surface area (Å²) in [6.07, 6.45) is -3.03. The first-order valence-corrected chi connectivity index (χ1v) is 14.0. The Morgan fingerprint density at radius 3 is 2.31 bits per heavy atom. The van der Waals surface area contributed by atoms with Gasteiger partial charge in [0, 0.05) is 38.2 Å². The van der Waals surface area contributed by atoms with Crippen molar-refractivity contribution in [2.75, 3.05) is 19.6 Å². The molecule has 0 spiro atoms. The van der Waals surface area contributed by atoms with Crippen molar-refractivity contribution in [1.29, 1.82) is 0 Å². The van der Waals surface area contributed by atoms with E-state index in [0.717, 1.165) is 10.9 Å². The number of ketones is 1. The van der Waals surface area contributed by atoms with Gasteiger partial charge in [0.05, 0.1) is 16.1 Å². The molecule has 12 heteroatoms. The summed E-state index contributed by atoms with van der Waals surface area (Å²) in [6.45, 7) is 2.28. The van der Waals surface area contributed by atoms with Crippen LogP contribution in [0.2, 0.25) is 0 Å². The van der Waals surface area contributed by atoms with Gasteiger partial charge in [0.2, 0.25) is 10.0 Å². The van der Waals surface area contributed by atoms with Crippen LogP contribution in [-0.2, 0) is 21.0 Å². The zero-order valence-corrected chi connectivity index (χ0v) is 22.1. The fraction of sp³-hybridized carbons (Fsp3) is 0.370. The maximum atomic E-state index is 13.5. The van der Waals surface area contributed by atoms with Gasteiger partial charge in [0.1, 0.15) is 5.78 Å². The van der Waals surface area contributed by atoms with Gasteiger partial charge in [-0.3, -0.25) is 9.59 Å². The van der Waals surface area contributed by atoms with Crippen LogP contribution >= 0.6 is 0 Å². The molecule has 2 unspecified atom stereocenters. The lowest BCUT2D eigenvalue weighted by atomic mass is 9.83. The van der Waals surface area contributed by atoms with Crippen LogP contribution in [0.15, 0.2) is 71.8 Å². The van der Waals surface area contributed by atoms with Gasteiger partial charge in [0.15, 0.2) is 5.69 Å². The number of hydrogen-bond acceptors (Lipinski definition) is 5. The fourth-order valence-corrected chi connectivity index (χ4v) is 6.33. The molecule has 2 atom stereocenters. The Morgan fingerprint density at radius 1 is 1.05 bits per heavy atom. The minimum Gasteiger partial charge on any atom is -0.352 e. The van der Waals surface area contributed by atoms with Crippen molar-refractivity contribution in [2.24, 2.45) is 11.8 Å². The molecule has 39 heavy (non-hydrogen) atoms. The van der Waals surface area contributed by atoms with E-state index < -0.39 is 33.4 Å². The zero-order chi connectivity index (χ0) is 28.2. The molecular formula is C27H29F3N4O4S. The largest absolute Gasteiger partial charge is 0.435 e. The predicted octanol–water partition coefficient (Wildman–Crippen LogP) is 4.32. The van der Waals surface area contributed by atoms with E-state index in [2.05, 4.69) is 10.4 Å². The first-order valence-electron chi connectivity index (χ1n) is 12.6. The first kappa shape index (κ1) is 28.5. The molecule has 1 aliphatic rings. The maximum Gasteiger partial charge on any atom is 0.435 e. The third-order valence-electron chi connectivity index (χ3n) is 6.80. The number of hydrogen-bond donors (Lipinski definition) is 1. The Balaban J connectivity index is 1.30. The van der Waals surface area contributed by atoms with E-state index in [1.807, 2.05) is 6.92 Å². The van der Waals surface area contributed by atoms with E-state index >= 15 is 0 Å². The number of amides is 1. The third-order valence-corrected chi connectivity index (χ3v) is 8.68. The molecule has 1 amide bonds. The number of rotatable bonds is 9. The van der Waals surface area contributed by atoms with Gasteiger partial charge in [-0.1, -0.05) is 43.3 Å².